The number of fused-ring (bicyclic) bond motifs is 2. The number of benzene rings is 6. The zero-order chi connectivity index (χ0) is 24.2. The van der Waals surface area contributed by atoms with Gasteiger partial charge in [0.25, 0.3) is 0 Å². The molecule has 4 heteroatoms. The third-order valence-electron chi connectivity index (χ3n) is 5.82. The molecule has 0 N–H and O–H groups in total. The first-order valence-corrected chi connectivity index (χ1v) is 19.4. The molecule has 0 atom stereocenters. The fourth-order valence-corrected chi connectivity index (χ4v) is 13.7. The van der Waals surface area contributed by atoms with E-state index in [1.165, 1.54) is 50.1 Å². The molecule has 6 rings (SSSR count). The Morgan fingerprint density at radius 3 is 1.17 bits per heavy atom. The molecule has 0 heterocycles. The quantitative estimate of drug-likeness (QED) is 0.167. The van der Waals surface area contributed by atoms with Gasteiger partial charge in [0, 0.05) is 0 Å². The molecular formula is C32H22S2Se2. The molecule has 0 radical (unpaired) electrons. The van der Waals surface area contributed by atoms with Crippen molar-refractivity contribution in [1.82, 2.24) is 0 Å². The topological polar surface area (TPSA) is 0 Å². The van der Waals surface area contributed by atoms with Crippen LogP contribution in [0.1, 0.15) is 0 Å². The Hall–Kier alpha value is -2.42. The SMILES string of the molecule is c1ccc(Sc2cccc3cccc([Se][Se]c4cccc5cccc(Sc6ccccc6)c45)c23)cc1. The number of hydrogen-bond donors (Lipinski definition) is 0. The Kier molecular flexibility index (Phi) is 7.53. The predicted molar refractivity (Wildman–Crippen MR) is 160 cm³/mol. The van der Waals surface area contributed by atoms with Crippen LogP contribution in [0.15, 0.2) is 153 Å². The van der Waals surface area contributed by atoms with Crippen molar-refractivity contribution in [2.45, 2.75) is 19.6 Å². The van der Waals surface area contributed by atoms with Gasteiger partial charge in [0.1, 0.15) is 0 Å². The molecule has 0 aliphatic carbocycles. The van der Waals surface area contributed by atoms with E-state index < -0.39 is 0 Å². The second-order valence-corrected chi connectivity index (χ2v) is 16.6. The second kappa shape index (κ2) is 11.3. The van der Waals surface area contributed by atoms with E-state index in [1.807, 2.05) is 23.5 Å². The fourth-order valence-electron chi connectivity index (χ4n) is 4.18. The minimum absolute atomic E-state index is 0.374. The third kappa shape index (κ3) is 5.31. The van der Waals surface area contributed by atoms with Gasteiger partial charge < -0.3 is 0 Å². The van der Waals surface area contributed by atoms with Gasteiger partial charge in [0.05, 0.1) is 0 Å². The molecule has 0 saturated heterocycles. The van der Waals surface area contributed by atoms with E-state index in [0.29, 0.717) is 26.3 Å². The van der Waals surface area contributed by atoms with Crippen molar-refractivity contribution in [1.29, 1.82) is 0 Å². The summed E-state index contributed by atoms with van der Waals surface area (Å²) in [5.41, 5.74) is 0. The van der Waals surface area contributed by atoms with Gasteiger partial charge in [0.15, 0.2) is 0 Å². The fraction of sp³-hybridized carbons (Fsp3) is 0. The van der Waals surface area contributed by atoms with E-state index in [0.717, 1.165) is 0 Å². The van der Waals surface area contributed by atoms with E-state index in [4.69, 9.17) is 0 Å². The van der Waals surface area contributed by atoms with Crippen molar-refractivity contribution in [3.8, 4) is 0 Å². The predicted octanol–water partition coefficient (Wildman–Crippen LogP) is 7.57. The minimum atomic E-state index is 0.374. The second-order valence-electron chi connectivity index (χ2n) is 8.22. The Labute approximate surface area is 231 Å². The molecule has 0 aliphatic heterocycles. The van der Waals surface area contributed by atoms with Gasteiger partial charge >= 0.3 is 233 Å². The van der Waals surface area contributed by atoms with Gasteiger partial charge in [-0.2, -0.15) is 0 Å². The average Bonchev–Trinajstić information content (AvgIpc) is 2.93. The van der Waals surface area contributed by atoms with Crippen LogP contribution in [0, 0.1) is 0 Å². The Morgan fingerprint density at radius 1 is 0.361 bits per heavy atom. The summed E-state index contributed by atoms with van der Waals surface area (Å²) < 4.78 is 3.01. The summed E-state index contributed by atoms with van der Waals surface area (Å²) in [5.74, 6) is 0. The molecule has 36 heavy (non-hydrogen) atoms. The zero-order valence-corrected chi connectivity index (χ0v) is 24.4. The molecule has 0 bridgehead atoms. The number of rotatable bonds is 7. The summed E-state index contributed by atoms with van der Waals surface area (Å²) in [4.78, 5) is 5.28. The van der Waals surface area contributed by atoms with Gasteiger partial charge in [0.2, 0.25) is 0 Å². The van der Waals surface area contributed by atoms with Crippen LogP contribution in [-0.4, -0.2) is 26.3 Å². The van der Waals surface area contributed by atoms with E-state index in [9.17, 15) is 0 Å². The molecule has 0 aliphatic rings. The van der Waals surface area contributed by atoms with Gasteiger partial charge in [-0.25, -0.2) is 0 Å². The van der Waals surface area contributed by atoms with Crippen LogP contribution in [0.25, 0.3) is 21.5 Å². The molecule has 0 aromatic heterocycles. The monoisotopic (exact) mass is 630 g/mol. The van der Waals surface area contributed by atoms with Crippen LogP contribution in [0.3, 0.4) is 0 Å². The molecular weight excluding hydrogens is 606 g/mol. The Morgan fingerprint density at radius 2 is 0.750 bits per heavy atom. The van der Waals surface area contributed by atoms with E-state index in [1.54, 1.807) is 0 Å². The maximum atomic E-state index is 2.35. The van der Waals surface area contributed by atoms with Crippen LogP contribution in [0.2, 0.25) is 0 Å². The zero-order valence-electron chi connectivity index (χ0n) is 19.3. The van der Waals surface area contributed by atoms with Gasteiger partial charge in [-0.15, -0.1) is 0 Å². The summed E-state index contributed by atoms with van der Waals surface area (Å²) in [6, 6.07) is 48.5. The van der Waals surface area contributed by atoms with Crippen molar-refractivity contribution >= 4 is 80.3 Å². The molecule has 174 valence electrons. The molecule has 0 unspecified atom stereocenters. The maximum absolute atomic E-state index is 2.35. The van der Waals surface area contributed by atoms with E-state index >= 15 is 0 Å². The van der Waals surface area contributed by atoms with Crippen molar-refractivity contribution in [2.24, 2.45) is 0 Å². The van der Waals surface area contributed by atoms with Crippen LogP contribution in [-0.2, 0) is 0 Å². The Balaban J connectivity index is 1.36. The molecule has 0 nitrogen and oxygen atoms in total. The summed E-state index contributed by atoms with van der Waals surface area (Å²) in [7, 11) is 0. The molecule has 0 amide bonds. The number of hydrogen-bond acceptors (Lipinski definition) is 2. The standard InChI is InChI=1S/C32H22S2Se2/c1-3-15-25(16-4-1)33-27-19-7-11-23-13-9-21-29(31(23)27)35-36-30-22-10-14-24-12-8-20-28(32(24)30)34-26-17-5-2-6-18-26/h1-22H. The van der Waals surface area contributed by atoms with Crippen molar-refractivity contribution in [3.63, 3.8) is 0 Å². The summed E-state index contributed by atoms with van der Waals surface area (Å²) in [5, 5.41) is 5.53. The summed E-state index contributed by atoms with van der Waals surface area (Å²) >= 11 is 4.49. The van der Waals surface area contributed by atoms with Crippen LogP contribution >= 0.6 is 23.5 Å². The Bertz CT molecular complexity index is 1500. The summed E-state index contributed by atoms with van der Waals surface area (Å²) in [6.07, 6.45) is 0. The van der Waals surface area contributed by atoms with Crippen LogP contribution in [0.5, 0.6) is 0 Å². The third-order valence-corrected chi connectivity index (χ3v) is 15.1. The average molecular weight is 629 g/mol. The molecule has 0 saturated carbocycles. The summed E-state index contributed by atoms with van der Waals surface area (Å²) in [6.45, 7) is 0. The molecule has 6 aromatic carbocycles. The van der Waals surface area contributed by atoms with Gasteiger partial charge in [-0.05, 0) is 0 Å². The molecule has 0 spiro atoms. The van der Waals surface area contributed by atoms with Crippen molar-refractivity contribution in [2.75, 3.05) is 0 Å². The van der Waals surface area contributed by atoms with E-state index in [-0.39, 0.29) is 0 Å². The van der Waals surface area contributed by atoms with Crippen LogP contribution < -0.4 is 8.92 Å². The van der Waals surface area contributed by atoms with Crippen molar-refractivity contribution in [3.05, 3.63) is 133 Å². The first-order valence-electron chi connectivity index (χ1n) is 11.7. The van der Waals surface area contributed by atoms with Crippen molar-refractivity contribution < 1.29 is 0 Å². The van der Waals surface area contributed by atoms with Crippen LogP contribution in [0.4, 0.5) is 0 Å². The first-order chi connectivity index (χ1) is 17.8. The van der Waals surface area contributed by atoms with Gasteiger partial charge in [-0.3, -0.25) is 0 Å². The first kappa shape index (κ1) is 23.9. The normalized spacial score (nSPS) is 11.2. The molecule has 6 aromatic rings. The van der Waals surface area contributed by atoms with Gasteiger partial charge in [-0.1, -0.05) is 0 Å². The molecule has 0 fully saturated rings. The van der Waals surface area contributed by atoms with E-state index in [2.05, 4.69) is 133 Å².